The Kier molecular flexibility index (Phi) is 4.28. The van der Waals surface area contributed by atoms with E-state index in [4.69, 9.17) is 0 Å². The highest BCUT2D eigenvalue weighted by atomic mass is 16.1. The molecule has 0 saturated carbocycles. The molecule has 0 radical (unpaired) electrons. The molecular weight excluding hydrogens is 228 g/mol. The summed E-state index contributed by atoms with van der Waals surface area (Å²) in [6, 6.07) is 3.73. The highest BCUT2D eigenvalue weighted by Crippen LogP contribution is 2.09. The second kappa shape index (κ2) is 5.93. The molecule has 18 heavy (non-hydrogen) atoms. The van der Waals surface area contributed by atoms with Crippen molar-refractivity contribution in [3.63, 3.8) is 0 Å². The number of ketones is 1. The van der Waals surface area contributed by atoms with E-state index in [1.807, 2.05) is 31.1 Å². The molecule has 0 bridgehead atoms. The molecule has 1 aliphatic rings. The fourth-order valence-corrected chi connectivity index (χ4v) is 1.98. The van der Waals surface area contributed by atoms with E-state index in [1.54, 1.807) is 6.20 Å². The number of carbonyl (C=O) groups excluding carboxylic acids is 1. The van der Waals surface area contributed by atoms with Gasteiger partial charge < -0.3 is 10.2 Å². The molecule has 0 spiro atoms. The van der Waals surface area contributed by atoms with Crippen molar-refractivity contribution >= 4 is 11.6 Å². The van der Waals surface area contributed by atoms with Gasteiger partial charge >= 0.3 is 0 Å². The van der Waals surface area contributed by atoms with Crippen molar-refractivity contribution in [1.29, 1.82) is 0 Å². The fraction of sp³-hybridized carbons (Fsp3) is 0.538. The lowest BCUT2D eigenvalue weighted by molar-refractivity contribution is 0.0921. The van der Waals surface area contributed by atoms with Gasteiger partial charge in [0, 0.05) is 52.0 Å². The summed E-state index contributed by atoms with van der Waals surface area (Å²) in [4.78, 5) is 20.4. The van der Waals surface area contributed by atoms with Crippen LogP contribution in [0.25, 0.3) is 0 Å². The molecular formula is C13H20N4O. The van der Waals surface area contributed by atoms with E-state index in [1.165, 1.54) is 0 Å². The minimum absolute atomic E-state index is 0.148. The molecule has 1 saturated heterocycles. The second-order valence-corrected chi connectivity index (χ2v) is 4.75. The van der Waals surface area contributed by atoms with Crippen LogP contribution >= 0.6 is 0 Å². The van der Waals surface area contributed by atoms with E-state index >= 15 is 0 Å². The highest BCUT2D eigenvalue weighted by molar-refractivity contribution is 5.97. The topological polar surface area (TPSA) is 48.5 Å². The van der Waals surface area contributed by atoms with Crippen LogP contribution in [0.5, 0.6) is 0 Å². The number of nitrogens with one attached hydrogen (secondary N) is 1. The van der Waals surface area contributed by atoms with Crippen LogP contribution in [0.4, 0.5) is 5.82 Å². The lowest BCUT2D eigenvalue weighted by Gasteiger charge is -2.26. The van der Waals surface area contributed by atoms with Crippen molar-refractivity contribution in [3.8, 4) is 0 Å². The summed E-state index contributed by atoms with van der Waals surface area (Å²) >= 11 is 0. The van der Waals surface area contributed by atoms with Gasteiger partial charge in [0.25, 0.3) is 0 Å². The molecule has 0 aliphatic carbocycles. The molecule has 1 aliphatic heterocycles. The van der Waals surface area contributed by atoms with Gasteiger partial charge in [0.05, 0.1) is 6.54 Å². The summed E-state index contributed by atoms with van der Waals surface area (Å²) in [5.74, 6) is 1.02. The Balaban J connectivity index is 1.95. The van der Waals surface area contributed by atoms with Gasteiger partial charge in [-0.15, -0.1) is 0 Å². The molecule has 0 unspecified atom stereocenters. The van der Waals surface area contributed by atoms with E-state index in [-0.39, 0.29) is 5.78 Å². The lowest BCUT2D eigenvalue weighted by atomic mass is 10.1. The highest BCUT2D eigenvalue weighted by Gasteiger charge is 2.15. The molecule has 1 aromatic heterocycles. The maximum Gasteiger partial charge on any atom is 0.178 e. The number of piperazine rings is 1. The largest absolute Gasteiger partial charge is 0.363 e. The van der Waals surface area contributed by atoms with Crippen LogP contribution in [0.2, 0.25) is 0 Å². The van der Waals surface area contributed by atoms with Crippen molar-refractivity contribution in [1.82, 2.24) is 15.2 Å². The SMILES string of the molecule is CN(C)c1ccc(C(=O)CN2CCNCC2)cn1. The van der Waals surface area contributed by atoms with Crippen molar-refractivity contribution in [3.05, 3.63) is 23.9 Å². The van der Waals surface area contributed by atoms with Crippen LogP contribution in [0, 0.1) is 0 Å². The molecule has 0 atom stereocenters. The van der Waals surface area contributed by atoms with Crippen LogP contribution < -0.4 is 10.2 Å². The van der Waals surface area contributed by atoms with Crippen LogP contribution in [0.3, 0.4) is 0 Å². The summed E-state index contributed by atoms with van der Waals surface area (Å²) in [5.41, 5.74) is 0.694. The maximum atomic E-state index is 12.1. The van der Waals surface area contributed by atoms with Gasteiger partial charge in [-0.3, -0.25) is 9.69 Å². The number of hydrogen-bond donors (Lipinski definition) is 1. The number of aromatic nitrogens is 1. The smallest absolute Gasteiger partial charge is 0.178 e. The Morgan fingerprint density at radius 3 is 2.67 bits per heavy atom. The van der Waals surface area contributed by atoms with Gasteiger partial charge in [-0.1, -0.05) is 0 Å². The van der Waals surface area contributed by atoms with Gasteiger partial charge in [0.1, 0.15) is 5.82 Å². The first-order chi connectivity index (χ1) is 8.66. The zero-order chi connectivity index (χ0) is 13.0. The summed E-state index contributed by atoms with van der Waals surface area (Å²) in [7, 11) is 3.87. The Bertz CT molecular complexity index is 396. The number of pyridine rings is 1. The standard InChI is InChI=1S/C13H20N4O/c1-16(2)13-4-3-11(9-15-13)12(18)10-17-7-5-14-6-8-17/h3-4,9,14H,5-8,10H2,1-2H3. The normalized spacial score (nSPS) is 16.6. The second-order valence-electron chi connectivity index (χ2n) is 4.75. The van der Waals surface area contributed by atoms with E-state index in [0.29, 0.717) is 12.1 Å². The molecule has 5 nitrogen and oxygen atoms in total. The number of Topliss-reactive ketones (excluding diaryl/α,β-unsaturated/α-hetero) is 1. The first kappa shape index (κ1) is 13.0. The van der Waals surface area contributed by atoms with Crippen molar-refractivity contribution < 1.29 is 4.79 Å². The first-order valence-electron chi connectivity index (χ1n) is 6.26. The van der Waals surface area contributed by atoms with Gasteiger partial charge in [-0.25, -0.2) is 4.98 Å². The van der Waals surface area contributed by atoms with Crippen LogP contribution in [-0.4, -0.2) is 62.5 Å². The van der Waals surface area contributed by atoms with Gasteiger partial charge in [0.2, 0.25) is 0 Å². The zero-order valence-corrected chi connectivity index (χ0v) is 11.0. The molecule has 2 heterocycles. The number of nitrogens with zero attached hydrogens (tertiary/aromatic N) is 3. The molecule has 1 aromatic rings. The Labute approximate surface area is 108 Å². The quantitative estimate of drug-likeness (QED) is 0.773. The Morgan fingerprint density at radius 2 is 2.11 bits per heavy atom. The number of anilines is 1. The lowest BCUT2D eigenvalue weighted by Crippen LogP contribution is -2.45. The third kappa shape index (κ3) is 3.27. The fourth-order valence-electron chi connectivity index (χ4n) is 1.98. The minimum Gasteiger partial charge on any atom is -0.363 e. The molecule has 1 fully saturated rings. The number of carbonyl (C=O) groups is 1. The van der Waals surface area contributed by atoms with E-state index < -0.39 is 0 Å². The third-order valence-corrected chi connectivity index (χ3v) is 3.10. The Hall–Kier alpha value is -1.46. The predicted molar refractivity (Wildman–Crippen MR) is 72.2 cm³/mol. The molecule has 98 valence electrons. The average molecular weight is 248 g/mol. The van der Waals surface area contributed by atoms with E-state index in [2.05, 4.69) is 15.2 Å². The Morgan fingerprint density at radius 1 is 1.39 bits per heavy atom. The van der Waals surface area contributed by atoms with Crippen LogP contribution in [0.1, 0.15) is 10.4 Å². The van der Waals surface area contributed by atoms with Crippen molar-refractivity contribution in [2.75, 3.05) is 51.7 Å². The van der Waals surface area contributed by atoms with Gasteiger partial charge in [0.15, 0.2) is 5.78 Å². The molecule has 2 rings (SSSR count). The predicted octanol–water partition coefficient (Wildman–Crippen LogP) is 0.236. The molecule has 5 heteroatoms. The first-order valence-corrected chi connectivity index (χ1v) is 6.26. The summed E-state index contributed by atoms with van der Waals surface area (Å²) in [5, 5.41) is 3.28. The van der Waals surface area contributed by atoms with Crippen molar-refractivity contribution in [2.45, 2.75) is 0 Å². The van der Waals surface area contributed by atoms with Crippen molar-refractivity contribution in [2.24, 2.45) is 0 Å². The van der Waals surface area contributed by atoms with E-state index in [0.717, 1.165) is 32.0 Å². The number of hydrogen-bond acceptors (Lipinski definition) is 5. The summed E-state index contributed by atoms with van der Waals surface area (Å²) in [6.07, 6.45) is 1.67. The monoisotopic (exact) mass is 248 g/mol. The summed E-state index contributed by atoms with van der Waals surface area (Å²) in [6.45, 7) is 4.30. The van der Waals surface area contributed by atoms with Gasteiger partial charge in [-0.05, 0) is 12.1 Å². The van der Waals surface area contributed by atoms with Crippen LogP contribution in [-0.2, 0) is 0 Å². The van der Waals surface area contributed by atoms with Crippen LogP contribution in [0.15, 0.2) is 18.3 Å². The maximum absolute atomic E-state index is 12.1. The minimum atomic E-state index is 0.148. The number of rotatable bonds is 4. The zero-order valence-electron chi connectivity index (χ0n) is 11.0. The average Bonchev–Trinajstić information content (AvgIpc) is 2.40. The third-order valence-electron chi connectivity index (χ3n) is 3.10. The summed E-state index contributed by atoms with van der Waals surface area (Å²) < 4.78 is 0. The molecule has 0 aromatic carbocycles. The van der Waals surface area contributed by atoms with E-state index in [9.17, 15) is 4.79 Å². The van der Waals surface area contributed by atoms with Gasteiger partial charge in [-0.2, -0.15) is 0 Å². The molecule has 1 N–H and O–H groups in total. The molecule has 0 amide bonds.